The molecule has 0 aliphatic rings. The number of ether oxygens (including phenoxy) is 2. The van der Waals surface area contributed by atoms with Crippen LogP contribution in [0.2, 0.25) is 0 Å². The van der Waals surface area contributed by atoms with Gasteiger partial charge >= 0.3 is 5.69 Å². The fourth-order valence-electron chi connectivity index (χ4n) is 1.03. The molecule has 0 aliphatic carbocycles. The summed E-state index contributed by atoms with van der Waals surface area (Å²) in [5.74, 6) is -0.667. The van der Waals surface area contributed by atoms with Crippen molar-refractivity contribution < 1.29 is 18.8 Å². The van der Waals surface area contributed by atoms with Crippen LogP contribution in [-0.4, -0.2) is 24.7 Å². The van der Waals surface area contributed by atoms with Crippen molar-refractivity contribution in [2.45, 2.75) is 13.0 Å². The molecule has 0 spiro atoms. The summed E-state index contributed by atoms with van der Waals surface area (Å²) < 4.78 is 22.9. The molecule has 1 aromatic rings. The zero-order valence-electron chi connectivity index (χ0n) is 8.97. The molecule has 1 unspecified atom stereocenters. The van der Waals surface area contributed by atoms with Crippen molar-refractivity contribution in [2.24, 2.45) is 0 Å². The first-order chi connectivity index (χ1) is 7.54. The summed E-state index contributed by atoms with van der Waals surface area (Å²) in [5.41, 5.74) is -0.260. The summed E-state index contributed by atoms with van der Waals surface area (Å²) >= 11 is 0. The normalized spacial score (nSPS) is 12.2. The highest BCUT2D eigenvalue weighted by Crippen LogP contribution is 2.27. The molecule has 1 atom stereocenters. The van der Waals surface area contributed by atoms with E-state index in [-0.39, 0.29) is 24.1 Å². The molecule has 0 amide bonds. The number of halogens is 1. The van der Waals surface area contributed by atoms with Crippen molar-refractivity contribution in [3.05, 3.63) is 34.1 Å². The molecule has 0 radical (unpaired) electrons. The third-order valence-electron chi connectivity index (χ3n) is 1.99. The smallest absolute Gasteiger partial charge is 0.311 e. The van der Waals surface area contributed by atoms with Crippen LogP contribution in [0.4, 0.5) is 10.1 Å². The van der Waals surface area contributed by atoms with Gasteiger partial charge in [-0.05, 0) is 13.0 Å². The molecule has 6 heteroatoms. The zero-order valence-corrected chi connectivity index (χ0v) is 8.97. The maximum Gasteiger partial charge on any atom is 0.311 e. The number of hydrogen-bond acceptors (Lipinski definition) is 4. The van der Waals surface area contributed by atoms with Gasteiger partial charge in [0.2, 0.25) is 0 Å². The average Bonchev–Trinajstić information content (AvgIpc) is 2.25. The molecule has 88 valence electrons. The molecule has 0 fully saturated rings. The number of methoxy groups -OCH3 is 1. The largest absolute Gasteiger partial charge is 0.484 e. The lowest BCUT2D eigenvalue weighted by Gasteiger charge is -2.11. The van der Waals surface area contributed by atoms with E-state index < -0.39 is 10.7 Å². The Kier molecular flexibility index (Phi) is 4.19. The summed E-state index contributed by atoms with van der Waals surface area (Å²) in [6.45, 7) is 1.87. The van der Waals surface area contributed by atoms with Gasteiger partial charge in [0.05, 0.1) is 11.0 Å². The van der Waals surface area contributed by atoms with Gasteiger partial charge in [-0.2, -0.15) is 0 Å². The highest BCUT2D eigenvalue weighted by molar-refractivity contribution is 5.46. The van der Waals surface area contributed by atoms with Crippen LogP contribution < -0.4 is 4.74 Å². The van der Waals surface area contributed by atoms with Crippen molar-refractivity contribution >= 4 is 5.69 Å². The first-order valence-corrected chi connectivity index (χ1v) is 4.64. The van der Waals surface area contributed by atoms with Crippen LogP contribution in [0.3, 0.4) is 0 Å². The molecule has 1 rings (SSSR count). The Hall–Kier alpha value is -1.69. The number of hydrogen-bond donors (Lipinski definition) is 0. The summed E-state index contributed by atoms with van der Waals surface area (Å²) in [7, 11) is 1.49. The predicted octanol–water partition coefficient (Wildman–Crippen LogP) is 2.15. The zero-order chi connectivity index (χ0) is 12.1. The van der Waals surface area contributed by atoms with Gasteiger partial charge in [0, 0.05) is 19.2 Å². The van der Waals surface area contributed by atoms with Crippen molar-refractivity contribution in [1.82, 2.24) is 0 Å². The van der Waals surface area contributed by atoms with Crippen LogP contribution in [0, 0.1) is 15.9 Å². The van der Waals surface area contributed by atoms with Gasteiger partial charge in [-0.3, -0.25) is 10.1 Å². The van der Waals surface area contributed by atoms with E-state index in [4.69, 9.17) is 9.47 Å². The minimum atomic E-state index is -0.619. The minimum Gasteiger partial charge on any atom is -0.484 e. The second kappa shape index (κ2) is 5.41. The van der Waals surface area contributed by atoms with Crippen molar-refractivity contribution in [1.29, 1.82) is 0 Å². The van der Waals surface area contributed by atoms with E-state index in [1.54, 1.807) is 6.92 Å². The monoisotopic (exact) mass is 229 g/mol. The fraction of sp³-hybridized carbons (Fsp3) is 0.400. The second-order valence-electron chi connectivity index (χ2n) is 3.23. The molecule has 0 bridgehead atoms. The standard InChI is InChI=1S/C10H12FNO4/c1-7(15-2)6-16-10-5-8(11)3-4-9(10)12(13)14/h3-5,7H,6H2,1-2H3. The minimum absolute atomic E-state index is 0.0890. The number of nitro benzene ring substituents is 1. The van der Waals surface area contributed by atoms with Gasteiger partial charge in [0.25, 0.3) is 0 Å². The van der Waals surface area contributed by atoms with Crippen LogP contribution >= 0.6 is 0 Å². The lowest BCUT2D eigenvalue weighted by atomic mass is 10.3. The van der Waals surface area contributed by atoms with Crippen LogP contribution in [0.5, 0.6) is 5.75 Å². The van der Waals surface area contributed by atoms with Crippen LogP contribution in [0.15, 0.2) is 18.2 Å². The summed E-state index contributed by atoms with van der Waals surface area (Å²) in [5, 5.41) is 10.6. The van der Waals surface area contributed by atoms with Gasteiger partial charge in [0.1, 0.15) is 12.4 Å². The number of benzene rings is 1. The third kappa shape index (κ3) is 3.16. The quantitative estimate of drug-likeness (QED) is 0.573. The average molecular weight is 229 g/mol. The molecule has 0 saturated heterocycles. The second-order valence-corrected chi connectivity index (χ2v) is 3.23. The molecule has 1 aromatic carbocycles. The van der Waals surface area contributed by atoms with Crippen molar-refractivity contribution in [2.75, 3.05) is 13.7 Å². The Bertz CT molecular complexity index is 383. The first-order valence-electron chi connectivity index (χ1n) is 4.64. The molecule has 0 saturated carbocycles. The Morgan fingerprint density at radius 2 is 2.25 bits per heavy atom. The van der Waals surface area contributed by atoms with E-state index in [1.807, 2.05) is 0 Å². The lowest BCUT2D eigenvalue weighted by Crippen LogP contribution is -2.16. The Labute approximate surface area is 91.9 Å². The van der Waals surface area contributed by atoms with Gasteiger partial charge in [-0.25, -0.2) is 4.39 Å². The maximum absolute atomic E-state index is 12.9. The maximum atomic E-state index is 12.9. The Morgan fingerprint density at radius 1 is 1.56 bits per heavy atom. The molecule has 0 heterocycles. The number of nitrogens with zero attached hydrogens (tertiary/aromatic N) is 1. The third-order valence-corrected chi connectivity index (χ3v) is 1.99. The van der Waals surface area contributed by atoms with E-state index in [2.05, 4.69) is 0 Å². The van der Waals surface area contributed by atoms with Crippen LogP contribution in [0.25, 0.3) is 0 Å². The SMILES string of the molecule is COC(C)COc1cc(F)ccc1[N+](=O)[O-]. The van der Waals surface area contributed by atoms with Gasteiger partial charge in [0.15, 0.2) is 5.75 Å². The van der Waals surface area contributed by atoms with Crippen molar-refractivity contribution in [3.8, 4) is 5.75 Å². The topological polar surface area (TPSA) is 61.6 Å². The first kappa shape index (κ1) is 12.4. The summed E-state index contributed by atoms with van der Waals surface area (Å²) in [4.78, 5) is 10.0. The molecular weight excluding hydrogens is 217 g/mol. The van der Waals surface area contributed by atoms with E-state index in [0.29, 0.717) is 0 Å². The lowest BCUT2D eigenvalue weighted by molar-refractivity contribution is -0.386. The molecule has 5 nitrogen and oxygen atoms in total. The fourth-order valence-corrected chi connectivity index (χ4v) is 1.03. The molecule has 0 aromatic heterocycles. The molecule has 0 aliphatic heterocycles. The molecular formula is C10H12FNO4. The molecule has 16 heavy (non-hydrogen) atoms. The van der Waals surface area contributed by atoms with E-state index in [9.17, 15) is 14.5 Å². The van der Waals surface area contributed by atoms with Crippen LogP contribution in [-0.2, 0) is 4.74 Å². The van der Waals surface area contributed by atoms with E-state index >= 15 is 0 Å². The Morgan fingerprint density at radius 3 is 2.81 bits per heavy atom. The van der Waals surface area contributed by atoms with Crippen LogP contribution in [0.1, 0.15) is 6.92 Å². The summed E-state index contributed by atoms with van der Waals surface area (Å²) in [6.07, 6.45) is -0.220. The van der Waals surface area contributed by atoms with Gasteiger partial charge in [-0.1, -0.05) is 0 Å². The van der Waals surface area contributed by atoms with E-state index in [0.717, 1.165) is 18.2 Å². The van der Waals surface area contributed by atoms with Crippen molar-refractivity contribution in [3.63, 3.8) is 0 Å². The highest BCUT2D eigenvalue weighted by atomic mass is 19.1. The van der Waals surface area contributed by atoms with E-state index in [1.165, 1.54) is 7.11 Å². The summed E-state index contributed by atoms with van der Waals surface area (Å²) in [6, 6.07) is 3.08. The molecule has 0 N–H and O–H groups in total. The Balaban J connectivity index is 2.84. The number of rotatable bonds is 5. The van der Waals surface area contributed by atoms with Gasteiger partial charge < -0.3 is 9.47 Å². The predicted molar refractivity (Wildman–Crippen MR) is 55.0 cm³/mol. The van der Waals surface area contributed by atoms with Gasteiger partial charge in [-0.15, -0.1) is 0 Å². The highest BCUT2D eigenvalue weighted by Gasteiger charge is 2.16. The number of nitro groups is 1.